The maximum atomic E-state index is 14.3. The van der Waals surface area contributed by atoms with Gasteiger partial charge >= 0.3 is 0 Å². The van der Waals surface area contributed by atoms with Crippen LogP contribution in [0.25, 0.3) is 55.7 Å². The van der Waals surface area contributed by atoms with E-state index in [1.54, 1.807) is 30.9 Å². The summed E-state index contributed by atoms with van der Waals surface area (Å²) in [5.74, 6) is 0.00203. The van der Waals surface area contributed by atoms with Gasteiger partial charge in [0.05, 0.1) is 24.7 Å². The lowest BCUT2D eigenvalue weighted by Gasteiger charge is -2.07. The molecule has 6 aromatic rings. The number of pyridine rings is 3. The van der Waals surface area contributed by atoms with E-state index in [1.807, 2.05) is 31.2 Å². The summed E-state index contributed by atoms with van der Waals surface area (Å²) in [5, 5.41) is 12.0. The number of halogens is 1. The van der Waals surface area contributed by atoms with Crippen LogP contribution in [-0.4, -0.2) is 43.2 Å². The first-order valence-corrected chi connectivity index (χ1v) is 12.4. The number of carbonyl (C=O) groups excluding carboxylic acids is 1. The fraction of sp³-hybridized carbons (Fsp3) is 0.138. The molecule has 5 heterocycles. The van der Waals surface area contributed by atoms with Crippen molar-refractivity contribution >= 4 is 33.7 Å². The summed E-state index contributed by atoms with van der Waals surface area (Å²) >= 11 is 0. The average molecular weight is 522 g/mol. The average Bonchev–Trinajstić information content (AvgIpc) is 3.56. The number of nitrogens with one attached hydrogen (secondary N) is 3. The third kappa shape index (κ3) is 4.68. The number of rotatable bonds is 7. The highest BCUT2D eigenvalue weighted by Crippen LogP contribution is 2.35. The first-order chi connectivity index (χ1) is 19.0. The van der Waals surface area contributed by atoms with Crippen molar-refractivity contribution in [3.05, 3.63) is 73.1 Å². The molecule has 0 fully saturated rings. The largest absolute Gasteiger partial charge is 0.497 e. The van der Waals surface area contributed by atoms with Crippen LogP contribution >= 0.6 is 0 Å². The molecule has 39 heavy (non-hydrogen) atoms. The SMILES string of the molecule is CCCC(=O)Nc1cncc(-c2cnc3[nH]nc(-c4cc5c(-c6cc(F)cc(OC)c6)ccnc5[nH]4)c3c2)c1. The number of amides is 1. The molecule has 0 aliphatic heterocycles. The third-order valence-corrected chi connectivity index (χ3v) is 6.45. The number of nitrogens with zero attached hydrogens (tertiary/aromatic N) is 4. The molecule has 0 saturated carbocycles. The highest BCUT2D eigenvalue weighted by Gasteiger charge is 2.16. The maximum absolute atomic E-state index is 14.3. The number of carbonyl (C=O) groups is 1. The Kier molecular flexibility index (Phi) is 6.20. The van der Waals surface area contributed by atoms with Gasteiger partial charge in [0.2, 0.25) is 5.91 Å². The summed E-state index contributed by atoms with van der Waals surface area (Å²) in [6, 6.07) is 12.2. The van der Waals surface area contributed by atoms with E-state index in [2.05, 4.69) is 35.5 Å². The first kappa shape index (κ1) is 24.2. The van der Waals surface area contributed by atoms with Gasteiger partial charge in [-0.25, -0.2) is 14.4 Å². The third-order valence-electron chi connectivity index (χ3n) is 6.45. The number of aromatic amines is 2. The molecule has 0 bridgehead atoms. The molecule has 194 valence electrons. The quantitative estimate of drug-likeness (QED) is 0.233. The van der Waals surface area contributed by atoms with Crippen molar-refractivity contribution in [3.63, 3.8) is 0 Å². The van der Waals surface area contributed by atoms with Gasteiger partial charge in [-0.3, -0.25) is 14.9 Å². The minimum Gasteiger partial charge on any atom is -0.497 e. The Hall–Kier alpha value is -5.12. The molecule has 10 heteroatoms. The second-order valence-electron chi connectivity index (χ2n) is 9.14. The second kappa shape index (κ2) is 9.97. The molecular formula is C29H24FN7O2. The monoisotopic (exact) mass is 521 g/mol. The lowest BCUT2D eigenvalue weighted by atomic mass is 10.0. The van der Waals surface area contributed by atoms with Crippen LogP contribution in [0.2, 0.25) is 0 Å². The van der Waals surface area contributed by atoms with E-state index < -0.39 is 0 Å². The fourth-order valence-corrected chi connectivity index (χ4v) is 4.63. The summed E-state index contributed by atoms with van der Waals surface area (Å²) in [7, 11) is 1.51. The number of anilines is 1. The van der Waals surface area contributed by atoms with Gasteiger partial charge in [-0.1, -0.05) is 6.92 Å². The highest BCUT2D eigenvalue weighted by atomic mass is 19.1. The molecule has 0 atom stereocenters. The predicted octanol–water partition coefficient (Wildman–Crippen LogP) is 6.12. The van der Waals surface area contributed by atoms with Gasteiger partial charge in [-0.15, -0.1) is 0 Å². The van der Waals surface area contributed by atoms with Crippen LogP contribution in [0, 0.1) is 5.82 Å². The molecule has 0 radical (unpaired) electrons. The Morgan fingerprint density at radius 1 is 0.974 bits per heavy atom. The van der Waals surface area contributed by atoms with Crippen LogP contribution in [0.5, 0.6) is 5.75 Å². The molecule has 1 amide bonds. The van der Waals surface area contributed by atoms with Gasteiger partial charge in [0.1, 0.15) is 22.9 Å². The summed E-state index contributed by atoms with van der Waals surface area (Å²) in [4.78, 5) is 28.7. The van der Waals surface area contributed by atoms with Crippen LogP contribution in [0.4, 0.5) is 10.1 Å². The Morgan fingerprint density at radius 3 is 2.69 bits per heavy atom. The number of H-pyrrole nitrogens is 2. The predicted molar refractivity (Wildman–Crippen MR) is 148 cm³/mol. The number of hydrogen-bond acceptors (Lipinski definition) is 6. The van der Waals surface area contributed by atoms with E-state index in [1.165, 1.54) is 19.2 Å². The molecular weight excluding hydrogens is 497 g/mol. The number of benzene rings is 1. The van der Waals surface area contributed by atoms with Crippen LogP contribution < -0.4 is 10.1 Å². The van der Waals surface area contributed by atoms with Crippen molar-refractivity contribution in [2.75, 3.05) is 12.4 Å². The molecule has 0 unspecified atom stereocenters. The molecule has 0 spiro atoms. The molecule has 3 N–H and O–H groups in total. The zero-order chi connectivity index (χ0) is 26.9. The molecule has 0 aliphatic carbocycles. The van der Waals surface area contributed by atoms with Crippen molar-refractivity contribution in [2.45, 2.75) is 19.8 Å². The van der Waals surface area contributed by atoms with Crippen molar-refractivity contribution in [1.82, 2.24) is 30.1 Å². The standard InChI is InChI=1S/C29H24FN7O2/c1-3-4-26(38)34-20-8-17(13-31-15-20)18-10-24-27(36-37-29(24)33-14-18)25-12-23-22(5-6-32-28(23)35-25)16-7-19(30)11-21(9-16)39-2/h5-15H,3-4H2,1-2H3,(H,32,35)(H,34,38)(H,33,36,37). The Balaban J connectivity index is 1.40. The zero-order valence-corrected chi connectivity index (χ0v) is 21.2. The summed E-state index contributed by atoms with van der Waals surface area (Å²) < 4.78 is 19.5. The maximum Gasteiger partial charge on any atom is 0.224 e. The molecule has 0 aliphatic rings. The lowest BCUT2D eigenvalue weighted by molar-refractivity contribution is -0.116. The van der Waals surface area contributed by atoms with E-state index in [9.17, 15) is 9.18 Å². The minimum atomic E-state index is -0.384. The van der Waals surface area contributed by atoms with Gasteiger partial charge in [0.15, 0.2) is 5.65 Å². The van der Waals surface area contributed by atoms with Gasteiger partial charge in [0, 0.05) is 53.0 Å². The van der Waals surface area contributed by atoms with Crippen LogP contribution in [0.1, 0.15) is 19.8 Å². The van der Waals surface area contributed by atoms with Gasteiger partial charge in [0.25, 0.3) is 0 Å². The highest BCUT2D eigenvalue weighted by molar-refractivity contribution is 6.00. The van der Waals surface area contributed by atoms with E-state index in [0.717, 1.165) is 39.6 Å². The lowest BCUT2D eigenvalue weighted by Crippen LogP contribution is -2.10. The van der Waals surface area contributed by atoms with E-state index in [0.29, 0.717) is 40.4 Å². The molecule has 5 aromatic heterocycles. The fourth-order valence-electron chi connectivity index (χ4n) is 4.63. The van der Waals surface area contributed by atoms with Crippen molar-refractivity contribution in [1.29, 1.82) is 0 Å². The molecule has 9 nitrogen and oxygen atoms in total. The number of methoxy groups -OCH3 is 1. The Morgan fingerprint density at radius 2 is 1.85 bits per heavy atom. The van der Waals surface area contributed by atoms with E-state index in [4.69, 9.17) is 4.74 Å². The second-order valence-corrected chi connectivity index (χ2v) is 9.14. The Bertz CT molecular complexity index is 1840. The summed E-state index contributed by atoms with van der Waals surface area (Å²) in [6.07, 6.45) is 7.98. The Labute approximate surface area is 222 Å². The van der Waals surface area contributed by atoms with Crippen LogP contribution in [-0.2, 0) is 4.79 Å². The van der Waals surface area contributed by atoms with E-state index in [-0.39, 0.29) is 11.7 Å². The van der Waals surface area contributed by atoms with Crippen molar-refractivity contribution in [2.24, 2.45) is 0 Å². The number of hydrogen-bond donors (Lipinski definition) is 3. The summed E-state index contributed by atoms with van der Waals surface area (Å²) in [5.41, 5.74) is 6.42. The molecule has 0 saturated heterocycles. The minimum absolute atomic E-state index is 0.0503. The van der Waals surface area contributed by atoms with Gasteiger partial charge in [-0.05, 0) is 53.9 Å². The smallest absolute Gasteiger partial charge is 0.224 e. The zero-order valence-electron chi connectivity index (χ0n) is 21.2. The number of ether oxygens (including phenoxy) is 1. The van der Waals surface area contributed by atoms with Crippen molar-refractivity contribution in [3.8, 4) is 39.4 Å². The first-order valence-electron chi connectivity index (χ1n) is 12.4. The summed E-state index contributed by atoms with van der Waals surface area (Å²) in [6.45, 7) is 1.96. The number of aromatic nitrogens is 6. The normalized spacial score (nSPS) is 11.3. The molecule has 1 aromatic carbocycles. The van der Waals surface area contributed by atoms with Gasteiger partial charge < -0.3 is 15.0 Å². The topological polar surface area (TPSA) is 121 Å². The van der Waals surface area contributed by atoms with Gasteiger partial charge in [-0.2, -0.15) is 5.10 Å². The molecule has 6 rings (SSSR count). The number of fused-ring (bicyclic) bond motifs is 2. The van der Waals surface area contributed by atoms with E-state index >= 15 is 0 Å². The van der Waals surface area contributed by atoms with Crippen LogP contribution in [0.3, 0.4) is 0 Å². The van der Waals surface area contributed by atoms with Crippen LogP contribution in [0.15, 0.2) is 67.3 Å². The van der Waals surface area contributed by atoms with Crippen molar-refractivity contribution < 1.29 is 13.9 Å².